The van der Waals surface area contributed by atoms with Gasteiger partial charge in [-0.25, -0.2) is 0 Å². The number of nitrogens with zero attached hydrogens (tertiary/aromatic N) is 2. The minimum absolute atomic E-state index is 0.636. The average molecular weight is 375 g/mol. The summed E-state index contributed by atoms with van der Waals surface area (Å²) in [7, 11) is 0. The lowest BCUT2D eigenvalue weighted by atomic mass is 10.2. The van der Waals surface area contributed by atoms with E-state index in [9.17, 15) is 0 Å². The number of allylic oxidation sites excluding steroid dienone is 1. The van der Waals surface area contributed by atoms with E-state index in [0.29, 0.717) is 5.03 Å². The third-order valence-corrected chi connectivity index (χ3v) is 4.87. The van der Waals surface area contributed by atoms with Gasteiger partial charge in [-0.15, -0.1) is 0 Å². The fourth-order valence-corrected chi connectivity index (χ4v) is 3.27. The Hall–Kier alpha value is -1.81. The van der Waals surface area contributed by atoms with E-state index in [1.54, 1.807) is 6.21 Å². The fraction of sp³-hybridized carbons (Fsp3) is 0.250. The van der Waals surface area contributed by atoms with Crippen molar-refractivity contribution in [1.29, 1.82) is 0 Å². The molecule has 0 unspecified atom stereocenters. The lowest BCUT2D eigenvalue weighted by Crippen LogP contribution is -3.13. The Morgan fingerprint density at radius 2 is 1.72 bits per heavy atom. The first-order valence-corrected chi connectivity index (χ1v) is 9.24. The van der Waals surface area contributed by atoms with Crippen LogP contribution in [0.5, 0.6) is 0 Å². The summed E-state index contributed by atoms with van der Waals surface area (Å²) in [6.45, 7) is 4.90. The van der Waals surface area contributed by atoms with Crippen molar-refractivity contribution >= 4 is 35.5 Å². The number of hydrogen-bond donors (Lipinski definition) is 1. The quantitative estimate of drug-likeness (QED) is 0.795. The largest absolute Gasteiger partial charge is 0.328 e. The van der Waals surface area contributed by atoms with Crippen molar-refractivity contribution in [1.82, 2.24) is 5.01 Å². The maximum Gasteiger partial charge on any atom is 0.104 e. The van der Waals surface area contributed by atoms with Gasteiger partial charge < -0.3 is 4.90 Å². The van der Waals surface area contributed by atoms with Crippen LogP contribution in [-0.4, -0.2) is 37.4 Å². The molecule has 2 aromatic carbocycles. The molecule has 0 amide bonds. The predicted octanol–water partition coefficient (Wildman–Crippen LogP) is 3.31. The van der Waals surface area contributed by atoms with E-state index in [4.69, 9.17) is 23.2 Å². The highest BCUT2D eigenvalue weighted by molar-refractivity contribution is 6.41. The summed E-state index contributed by atoms with van der Waals surface area (Å²) in [4.78, 5) is 1.53. The number of rotatable bonds is 5. The number of hydrogen-bond acceptors (Lipinski definition) is 2. The maximum absolute atomic E-state index is 6.26. The number of hydrazone groups is 1. The lowest BCUT2D eigenvalue weighted by Gasteiger charge is -2.30. The van der Waals surface area contributed by atoms with Crippen molar-refractivity contribution in [2.45, 2.75) is 6.54 Å². The fourth-order valence-electron chi connectivity index (χ4n) is 2.90. The molecule has 0 spiro atoms. The Bertz CT molecular complexity index is 736. The normalized spacial score (nSPS) is 16.6. The van der Waals surface area contributed by atoms with Gasteiger partial charge in [0.25, 0.3) is 0 Å². The van der Waals surface area contributed by atoms with Gasteiger partial charge in [-0.3, -0.25) is 5.01 Å². The molecule has 0 atom stereocenters. The lowest BCUT2D eigenvalue weighted by molar-refractivity contribution is -0.918. The first-order chi connectivity index (χ1) is 12.2. The monoisotopic (exact) mass is 374 g/mol. The minimum Gasteiger partial charge on any atom is -0.328 e. The molecule has 0 radical (unpaired) electrons. The molecule has 3 rings (SSSR count). The van der Waals surface area contributed by atoms with Crippen molar-refractivity contribution in [3.63, 3.8) is 0 Å². The molecule has 1 saturated heterocycles. The molecule has 1 heterocycles. The molecule has 0 aromatic heterocycles. The van der Waals surface area contributed by atoms with Crippen molar-refractivity contribution < 1.29 is 4.90 Å². The molecule has 5 heteroatoms. The summed E-state index contributed by atoms with van der Waals surface area (Å²) in [5, 5.41) is 8.08. The Kier molecular flexibility index (Phi) is 6.51. The molecule has 1 N–H and O–H groups in total. The van der Waals surface area contributed by atoms with Crippen LogP contribution < -0.4 is 4.90 Å². The third-order valence-electron chi connectivity index (χ3n) is 4.29. The Balaban J connectivity index is 1.49. The predicted molar refractivity (Wildman–Crippen MR) is 106 cm³/mol. The summed E-state index contributed by atoms with van der Waals surface area (Å²) in [6.07, 6.45) is 3.65. The number of halogens is 2. The average Bonchev–Trinajstić information content (AvgIpc) is 2.64. The van der Waals surface area contributed by atoms with Crippen LogP contribution in [0.3, 0.4) is 0 Å². The summed E-state index contributed by atoms with van der Waals surface area (Å²) >= 11 is 12.5. The zero-order valence-corrected chi connectivity index (χ0v) is 15.5. The van der Waals surface area contributed by atoms with Gasteiger partial charge in [0.05, 0.1) is 37.4 Å². The number of nitrogens with one attached hydrogen (secondary N) is 1. The van der Waals surface area contributed by atoms with Crippen LogP contribution in [0.1, 0.15) is 11.1 Å². The Morgan fingerprint density at radius 3 is 2.44 bits per heavy atom. The van der Waals surface area contributed by atoms with Crippen LogP contribution in [0, 0.1) is 0 Å². The molecule has 1 fully saturated rings. The van der Waals surface area contributed by atoms with Gasteiger partial charge in [-0.1, -0.05) is 71.7 Å². The highest BCUT2D eigenvalue weighted by Gasteiger charge is 2.19. The second kappa shape index (κ2) is 9.04. The number of benzene rings is 2. The second-order valence-corrected chi connectivity index (χ2v) is 7.00. The molecular formula is C20H22Cl2N3+. The van der Waals surface area contributed by atoms with E-state index < -0.39 is 0 Å². The van der Waals surface area contributed by atoms with Gasteiger partial charge in [0, 0.05) is 10.6 Å². The van der Waals surface area contributed by atoms with Gasteiger partial charge in [0.15, 0.2) is 0 Å². The van der Waals surface area contributed by atoms with Crippen molar-refractivity contribution in [2.24, 2.45) is 5.10 Å². The van der Waals surface area contributed by atoms with Crippen LogP contribution in [0.4, 0.5) is 0 Å². The summed E-state index contributed by atoms with van der Waals surface area (Å²) in [5.41, 5.74) is 2.29. The molecule has 2 aromatic rings. The molecule has 1 aliphatic heterocycles. The maximum atomic E-state index is 6.26. The van der Waals surface area contributed by atoms with Gasteiger partial charge in [-0.2, -0.15) is 5.10 Å². The zero-order chi connectivity index (χ0) is 17.5. The van der Waals surface area contributed by atoms with Crippen LogP contribution in [-0.2, 0) is 6.54 Å². The van der Waals surface area contributed by atoms with Crippen molar-refractivity contribution in [3.05, 3.63) is 75.8 Å². The van der Waals surface area contributed by atoms with Crippen LogP contribution in [0.15, 0.2) is 64.7 Å². The minimum atomic E-state index is 0.636. The summed E-state index contributed by atoms with van der Waals surface area (Å²) in [6, 6.07) is 18.1. The van der Waals surface area contributed by atoms with E-state index in [2.05, 4.69) is 16.2 Å². The molecule has 3 nitrogen and oxygen atoms in total. The van der Waals surface area contributed by atoms with Gasteiger partial charge in [0.2, 0.25) is 0 Å². The van der Waals surface area contributed by atoms with Gasteiger partial charge in [-0.05, 0) is 17.7 Å². The highest BCUT2D eigenvalue weighted by atomic mass is 35.5. The van der Waals surface area contributed by atoms with Crippen molar-refractivity contribution in [2.75, 3.05) is 26.2 Å². The first kappa shape index (κ1) is 18.0. The molecular weight excluding hydrogens is 353 g/mol. The highest BCUT2D eigenvalue weighted by Crippen LogP contribution is 2.13. The summed E-state index contributed by atoms with van der Waals surface area (Å²) < 4.78 is 0. The van der Waals surface area contributed by atoms with Crippen molar-refractivity contribution in [3.8, 4) is 0 Å². The molecule has 25 heavy (non-hydrogen) atoms. The van der Waals surface area contributed by atoms with E-state index in [1.165, 1.54) is 10.5 Å². The number of quaternary nitrogens is 1. The molecule has 0 bridgehead atoms. The SMILES string of the molecule is ClC(=C\c1ccccc1)/C=N/N1CC[NH+](Cc2ccccc2Cl)CC1. The standard InChI is InChI=1S/C20H21Cl2N3/c21-19(14-17-6-2-1-3-7-17)15-23-25-12-10-24(11-13-25)16-18-8-4-5-9-20(18)22/h1-9,14-15H,10-13,16H2/p+1/b19-14-,23-15+. The molecule has 0 saturated carbocycles. The van der Waals surface area contributed by atoms with Crippen LogP contribution in [0.25, 0.3) is 6.08 Å². The van der Waals surface area contributed by atoms with Crippen LogP contribution in [0.2, 0.25) is 5.02 Å². The van der Waals surface area contributed by atoms with Gasteiger partial charge >= 0.3 is 0 Å². The van der Waals surface area contributed by atoms with E-state index in [1.807, 2.05) is 54.6 Å². The smallest absolute Gasteiger partial charge is 0.104 e. The van der Waals surface area contributed by atoms with Crippen LogP contribution >= 0.6 is 23.2 Å². The second-order valence-electron chi connectivity index (χ2n) is 6.16. The van der Waals surface area contributed by atoms with Gasteiger partial charge in [0.1, 0.15) is 6.54 Å². The Labute approximate surface area is 159 Å². The van der Waals surface area contributed by atoms with E-state index in [0.717, 1.165) is 43.3 Å². The zero-order valence-electron chi connectivity index (χ0n) is 14.0. The van der Waals surface area contributed by atoms with E-state index in [-0.39, 0.29) is 0 Å². The first-order valence-electron chi connectivity index (χ1n) is 8.49. The summed E-state index contributed by atoms with van der Waals surface area (Å²) in [5.74, 6) is 0. The Morgan fingerprint density at radius 1 is 1.04 bits per heavy atom. The topological polar surface area (TPSA) is 20.0 Å². The van der Waals surface area contributed by atoms with E-state index >= 15 is 0 Å². The molecule has 1 aliphatic rings. The number of piperazine rings is 1. The third kappa shape index (κ3) is 5.60. The molecule has 130 valence electrons. The molecule has 0 aliphatic carbocycles.